The summed E-state index contributed by atoms with van der Waals surface area (Å²) in [6.07, 6.45) is 4.98. The van der Waals surface area contributed by atoms with E-state index in [1.54, 1.807) is 54.6 Å². The number of hydrogen-bond acceptors (Lipinski definition) is 4. The van der Waals surface area contributed by atoms with Crippen molar-refractivity contribution in [3.8, 4) is 6.07 Å². The smallest absolute Gasteiger partial charge is 0.322 e. The SMILES string of the molecule is N#Cc1cccc(C(N)(CCC2CC2)c2ccc(F)c(NC(=O)[C@@H]3CCCN3C(=O)Nc3ccc(Cl)cc3)c2)c1. The molecule has 2 atom stereocenters. The van der Waals surface area contributed by atoms with Gasteiger partial charge in [-0.2, -0.15) is 5.26 Å². The van der Waals surface area contributed by atoms with Crippen LogP contribution in [0.15, 0.2) is 66.7 Å². The van der Waals surface area contributed by atoms with E-state index in [0.29, 0.717) is 53.6 Å². The molecule has 3 aromatic carbocycles. The minimum Gasteiger partial charge on any atom is -0.322 e. The molecule has 1 aliphatic heterocycles. The van der Waals surface area contributed by atoms with Crippen LogP contribution in [0.5, 0.6) is 0 Å². The summed E-state index contributed by atoms with van der Waals surface area (Å²) >= 11 is 5.92. The predicted molar refractivity (Wildman–Crippen MR) is 153 cm³/mol. The molecular weight excluding hydrogens is 529 g/mol. The molecule has 1 aliphatic carbocycles. The molecule has 1 saturated carbocycles. The summed E-state index contributed by atoms with van der Waals surface area (Å²) in [6, 6.07) is 19.4. The highest BCUT2D eigenvalue weighted by Crippen LogP contribution is 2.40. The van der Waals surface area contributed by atoms with E-state index >= 15 is 4.39 Å². The number of carbonyl (C=O) groups is 2. The fraction of sp³-hybridized carbons (Fsp3) is 0.323. The normalized spacial score (nSPS) is 18.1. The van der Waals surface area contributed by atoms with Gasteiger partial charge in [-0.05, 0) is 91.3 Å². The number of nitrogens with two attached hydrogens (primary N) is 1. The van der Waals surface area contributed by atoms with Gasteiger partial charge in [0.15, 0.2) is 0 Å². The Bertz CT molecular complexity index is 1450. The van der Waals surface area contributed by atoms with Crippen molar-refractivity contribution in [2.24, 2.45) is 11.7 Å². The Balaban J connectivity index is 1.36. The Morgan fingerprint density at radius 3 is 2.52 bits per heavy atom. The van der Waals surface area contributed by atoms with E-state index in [1.165, 1.54) is 23.8 Å². The monoisotopic (exact) mass is 559 g/mol. The lowest BCUT2D eigenvalue weighted by Gasteiger charge is -2.32. The Labute approximate surface area is 238 Å². The first-order valence-corrected chi connectivity index (χ1v) is 13.9. The average molecular weight is 560 g/mol. The molecule has 1 heterocycles. The van der Waals surface area contributed by atoms with Crippen molar-refractivity contribution in [3.63, 3.8) is 0 Å². The van der Waals surface area contributed by atoms with Crippen molar-refractivity contribution in [2.75, 3.05) is 17.2 Å². The lowest BCUT2D eigenvalue weighted by Crippen LogP contribution is -2.45. The van der Waals surface area contributed by atoms with Crippen molar-refractivity contribution in [1.29, 1.82) is 5.26 Å². The molecule has 2 aliphatic rings. The highest BCUT2D eigenvalue weighted by molar-refractivity contribution is 6.30. The third kappa shape index (κ3) is 6.11. The summed E-state index contributed by atoms with van der Waals surface area (Å²) in [6.45, 7) is 0.405. The van der Waals surface area contributed by atoms with E-state index in [9.17, 15) is 14.9 Å². The fourth-order valence-corrected chi connectivity index (χ4v) is 5.41. The molecule has 5 rings (SSSR count). The number of hydrogen-bond donors (Lipinski definition) is 3. The molecule has 1 unspecified atom stereocenters. The first-order chi connectivity index (χ1) is 19.3. The molecule has 0 bridgehead atoms. The molecule has 1 saturated heterocycles. The van der Waals surface area contributed by atoms with Crippen molar-refractivity contribution >= 4 is 34.9 Å². The first-order valence-electron chi connectivity index (χ1n) is 13.5. The van der Waals surface area contributed by atoms with Crippen LogP contribution in [0.4, 0.5) is 20.6 Å². The Hall–Kier alpha value is -3.93. The van der Waals surface area contributed by atoms with Crippen molar-refractivity contribution < 1.29 is 14.0 Å². The van der Waals surface area contributed by atoms with Crippen LogP contribution < -0.4 is 16.4 Å². The zero-order valence-corrected chi connectivity index (χ0v) is 22.8. The lowest BCUT2D eigenvalue weighted by atomic mass is 9.79. The van der Waals surface area contributed by atoms with E-state index in [0.717, 1.165) is 12.0 Å². The second kappa shape index (κ2) is 11.7. The van der Waals surface area contributed by atoms with Gasteiger partial charge in [0.25, 0.3) is 0 Å². The van der Waals surface area contributed by atoms with Gasteiger partial charge in [0.1, 0.15) is 11.9 Å². The quantitative estimate of drug-likeness (QED) is 0.297. The second-order valence-electron chi connectivity index (χ2n) is 10.6. The summed E-state index contributed by atoms with van der Waals surface area (Å²) in [5, 5.41) is 15.5. The number of carbonyl (C=O) groups excluding carboxylic acids is 2. The summed E-state index contributed by atoms with van der Waals surface area (Å²) in [5.41, 5.74) is 8.53. The van der Waals surface area contributed by atoms with Gasteiger partial charge in [-0.25, -0.2) is 9.18 Å². The summed E-state index contributed by atoms with van der Waals surface area (Å²) in [4.78, 5) is 27.7. The van der Waals surface area contributed by atoms with E-state index < -0.39 is 29.3 Å². The lowest BCUT2D eigenvalue weighted by molar-refractivity contribution is -0.119. The molecule has 0 aromatic heterocycles. The standard InChI is InChI=1S/C31H31ClFN5O2/c32-24-9-11-25(12-10-24)36-30(40)38-16-2-5-28(38)29(39)37-27-18-23(8-13-26(27)33)31(35,15-14-20-6-7-20)22-4-1-3-21(17-22)19-34/h1,3-4,8-13,17-18,20,28H,2,5-7,14-16,35H2,(H,36,40)(H,37,39)/t28-,31?/m0/s1. The highest BCUT2D eigenvalue weighted by Gasteiger charge is 2.36. The number of likely N-dealkylation sites (tertiary alicyclic amines) is 1. The van der Waals surface area contributed by atoms with Crippen LogP contribution >= 0.6 is 11.6 Å². The third-order valence-corrected chi connectivity index (χ3v) is 8.05. The Kier molecular flexibility index (Phi) is 8.06. The molecule has 7 nitrogen and oxygen atoms in total. The summed E-state index contributed by atoms with van der Waals surface area (Å²) in [7, 11) is 0. The Morgan fingerprint density at radius 1 is 1.05 bits per heavy atom. The average Bonchev–Trinajstić information content (AvgIpc) is 3.66. The van der Waals surface area contributed by atoms with Crippen LogP contribution in [-0.2, 0) is 10.3 Å². The molecule has 9 heteroatoms. The zero-order valence-electron chi connectivity index (χ0n) is 22.0. The number of benzene rings is 3. The molecule has 206 valence electrons. The maximum Gasteiger partial charge on any atom is 0.322 e. The van der Waals surface area contributed by atoms with Crippen LogP contribution in [-0.4, -0.2) is 29.4 Å². The van der Waals surface area contributed by atoms with E-state index in [1.807, 2.05) is 6.07 Å². The van der Waals surface area contributed by atoms with E-state index in [2.05, 4.69) is 16.7 Å². The van der Waals surface area contributed by atoms with Crippen LogP contribution in [0, 0.1) is 23.1 Å². The largest absolute Gasteiger partial charge is 0.322 e. The number of halogens is 2. The van der Waals surface area contributed by atoms with Gasteiger partial charge in [-0.15, -0.1) is 0 Å². The van der Waals surface area contributed by atoms with Crippen LogP contribution in [0.3, 0.4) is 0 Å². The molecular formula is C31H31ClFN5O2. The maximum atomic E-state index is 15.0. The van der Waals surface area contributed by atoms with Crippen LogP contribution in [0.1, 0.15) is 55.2 Å². The van der Waals surface area contributed by atoms with Gasteiger partial charge in [0.05, 0.1) is 22.9 Å². The third-order valence-electron chi connectivity index (χ3n) is 7.80. The molecule has 2 fully saturated rings. The van der Waals surface area contributed by atoms with Gasteiger partial charge in [-0.3, -0.25) is 4.79 Å². The van der Waals surface area contributed by atoms with Crippen molar-refractivity contribution in [3.05, 3.63) is 94.3 Å². The molecule has 4 N–H and O–H groups in total. The number of nitrogens with zero attached hydrogens (tertiary/aromatic N) is 2. The highest BCUT2D eigenvalue weighted by atomic mass is 35.5. The number of amides is 3. The van der Waals surface area contributed by atoms with Crippen molar-refractivity contribution in [2.45, 2.75) is 50.1 Å². The van der Waals surface area contributed by atoms with Crippen LogP contribution in [0.25, 0.3) is 0 Å². The summed E-state index contributed by atoms with van der Waals surface area (Å²) < 4.78 is 15.0. The minimum absolute atomic E-state index is 0.00476. The fourth-order valence-electron chi connectivity index (χ4n) is 5.29. The van der Waals surface area contributed by atoms with Crippen LogP contribution in [0.2, 0.25) is 5.02 Å². The minimum atomic E-state index is -0.972. The Morgan fingerprint density at radius 2 is 1.80 bits per heavy atom. The van der Waals surface area contributed by atoms with Gasteiger partial charge < -0.3 is 21.3 Å². The number of urea groups is 1. The van der Waals surface area contributed by atoms with Gasteiger partial charge >= 0.3 is 6.03 Å². The summed E-state index contributed by atoms with van der Waals surface area (Å²) in [5.74, 6) is -0.441. The van der Waals surface area contributed by atoms with Gasteiger partial charge in [0, 0.05) is 17.3 Å². The van der Waals surface area contributed by atoms with E-state index in [4.69, 9.17) is 17.3 Å². The van der Waals surface area contributed by atoms with Crippen molar-refractivity contribution in [1.82, 2.24) is 4.90 Å². The molecule has 0 radical (unpaired) electrons. The topological polar surface area (TPSA) is 111 Å². The zero-order chi connectivity index (χ0) is 28.3. The second-order valence-corrected chi connectivity index (χ2v) is 11.1. The first kappa shape index (κ1) is 27.6. The van der Waals surface area contributed by atoms with E-state index in [-0.39, 0.29) is 5.69 Å². The predicted octanol–water partition coefficient (Wildman–Crippen LogP) is 6.38. The maximum absolute atomic E-state index is 15.0. The molecule has 3 amide bonds. The number of nitrogens with one attached hydrogen (secondary N) is 2. The van der Waals surface area contributed by atoms with Gasteiger partial charge in [-0.1, -0.05) is 42.6 Å². The van der Waals surface area contributed by atoms with Gasteiger partial charge in [0.2, 0.25) is 5.91 Å². The number of nitriles is 1. The molecule has 3 aromatic rings. The molecule has 0 spiro atoms. The number of anilines is 2. The number of rotatable bonds is 8. The molecule has 40 heavy (non-hydrogen) atoms.